The number of aliphatic hydroxyl groups is 1. The Hall–Kier alpha value is -1.36. The molecule has 1 aromatic heterocycles. The first-order valence-electron chi connectivity index (χ1n) is 5.46. The van der Waals surface area contributed by atoms with E-state index in [0.717, 1.165) is 11.6 Å². The molecular formula is C11H20N4O. The second kappa shape index (κ2) is 5.12. The summed E-state index contributed by atoms with van der Waals surface area (Å²) in [4.78, 5) is 8.44. The number of aryl methyl sites for hydroxylation is 1. The van der Waals surface area contributed by atoms with Gasteiger partial charge in [-0.3, -0.25) is 0 Å². The Morgan fingerprint density at radius 2 is 2.00 bits per heavy atom. The van der Waals surface area contributed by atoms with Gasteiger partial charge in [0, 0.05) is 19.7 Å². The van der Waals surface area contributed by atoms with Crippen molar-refractivity contribution in [2.45, 2.75) is 32.8 Å². The van der Waals surface area contributed by atoms with Crippen molar-refractivity contribution in [3.8, 4) is 0 Å². The highest BCUT2D eigenvalue weighted by molar-refractivity contribution is 5.47. The maximum absolute atomic E-state index is 9.86. The van der Waals surface area contributed by atoms with Gasteiger partial charge in [-0.1, -0.05) is 6.92 Å². The molecule has 0 fully saturated rings. The Morgan fingerprint density at radius 1 is 1.38 bits per heavy atom. The van der Waals surface area contributed by atoms with Gasteiger partial charge in [0.2, 0.25) is 0 Å². The van der Waals surface area contributed by atoms with Crippen molar-refractivity contribution in [1.82, 2.24) is 9.97 Å². The van der Waals surface area contributed by atoms with E-state index in [1.807, 2.05) is 27.0 Å². The molecule has 0 aromatic carbocycles. The van der Waals surface area contributed by atoms with E-state index in [1.165, 1.54) is 0 Å². The summed E-state index contributed by atoms with van der Waals surface area (Å²) in [6.07, 6.45) is 0.697. The third kappa shape index (κ3) is 3.66. The molecule has 1 unspecified atom stereocenters. The van der Waals surface area contributed by atoms with Gasteiger partial charge in [-0.25, -0.2) is 9.97 Å². The molecule has 0 aliphatic rings. The fourth-order valence-corrected chi connectivity index (χ4v) is 1.19. The Kier molecular flexibility index (Phi) is 4.06. The molecule has 1 rings (SSSR count). The van der Waals surface area contributed by atoms with E-state index in [4.69, 9.17) is 0 Å². The summed E-state index contributed by atoms with van der Waals surface area (Å²) in [6.45, 7) is 6.06. The normalized spacial score (nSPS) is 14.3. The number of anilines is 2. The van der Waals surface area contributed by atoms with Crippen molar-refractivity contribution >= 4 is 11.6 Å². The zero-order valence-corrected chi connectivity index (χ0v) is 10.3. The third-order valence-corrected chi connectivity index (χ3v) is 2.51. The molecule has 1 aromatic rings. The highest BCUT2D eigenvalue weighted by atomic mass is 16.3. The van der Waals surface area contributed by atoms with Gasteiger partial charge in [-0.2, -0.15) is 0 Å². The van der Waals surface area contributed by atoms with Crippen LogP contribution in [0.1, 0.15) is 26.1 Å². The molecule has 5 heteroatoms. The lowest BCUT2D eigenvalue weighted by molar-refractivity contribution is 0.0696. The van der Waals surface area contributed by atoms with Gasteiger partial charge in [0.25, 0.3) is 0 Å². The van der Waals surface area contributed by atoms with Crippen molar-refractivity contribution in [3.05, 3.63) is 11.9 Å². The second-order valence-electron chi connectivity index (χ2n) is 4.14. The van der Waals surface area contributed by atoms with Crippen LogP contribution in [-0.2, 0) is 0 Å². The molecular weight excluding hydrogens is 204 g/mol. The van der Waals surface area contributed by atoms with Crippen LogP contribution in [0.15, 0.2) is 6.07 Å². The Balaban J connectivity index is 2.70. The standard InChI is InChI=1S/C11H20N4O/c1-5-11(3,16)7-13-10-6-9(12-4)14-8(2)15-10/h6,16H,5,7H2,1-4H3,(H2,12,13,14,15). The minimum absolute atomic E-state index is 0.475. The van der Waals surface area contributed by atoms with Gasteiger partial charge in [0.15, 0.2) is 0 Å². The summed E-state index contributed by atoms with van der Waals surface area (Å²) in [6, 6.07) is 1.82. The first-order valence-corrected chi connectivity index (χ1v) is 5.46. The summed E-state index contributed by atoms with van der Waals surface area (Å²) in [5.41, 5.74) is -0.710. The lowest BCUT2D eigenvalue weighted by Crippen LogP contribution is -2.32. The fraction of sp³-hybridized carbons (Fsp3) is 0.636. The zero-order chi connectivity index (χ0) is 12.2. The van der Waals surface area contributed by atoms with Gasteiger partial charge >= 0.3 is 0 Å². The van der Waals surface area contributed by atoms with Gasteiger partial charge in [-0.05, 0) is 20.3 Å². The third-order valence-electron chi connectivity index (χ3n) is 2.51. The Labute approximate surface area is 96.3 Å². The summed E-state index contributed by atoms with van der Waals surface area (Å²) in [7, 11) is 1.81. The number of aromatic nitrogens is 2. The lowest BCUT2D eigenvalue weighted by Gasteiger charge is -2.22. The molecule has 0 saturated carbocycles. The highest BCUT2D eigenvalue weighted by Crippen LogP contribution is 2.13. The van der Waals surface area contributed by atoms with E-state index < -0.39 is 5.60 Å². The molecule has 90 valence electrons. The van der Waals surface area contributed by atoms with Crippen LogP contribution in [0.2, 0.25) is 0 Å². The zero-order valence-electron chi connectivity index (χ0n) is 10.3. The molecule has 5 nitrogen and oxygen atoms in total. The first-order chi connectivity index (χ1) is 7.46. The number of rotatable bonds is 5. The number of hydrogen-bond donors (Lipinski definition) is 3. The molecule has 3 N–H and O–H groups in total. The fourth-order valence-electron chi connectivity index (χ4n) is 1.19. The predicted molar refractivity (Wildman–Crippen MR) is 65.7 cm³/mol. The molecule has 1 heterocycles. The number of nitrogens with one attached hydrogen (secondary N) is 2. The molecule has 0 bridgehead atoms. The monoisotopic (exact) mass is 224 g/mol. The highest BCUT2D eigenvalue weighted by Gasteiger charge is 2.17. The van der Waals surface area contributed by atoms with Crippen LogP contribution in [-0.4, -0.2) is 34.3 Å². The Bertz CT molecular complexity index is 352. The maximum atomic E-state index is 9.86. The van der Waals surface area contributed by atoms with Gasteiger partial charge in [-0.15, -0.1) is 0 Å². The molecule has 0 aliphatic heterocycles. The van der Waals surface area contributed by atoms with E-state index in [9.17, 15) is 5.11 Å². The molecule has 0 aliphatic carbocycles. The number of nitrogens with zero attached hydrogens (tertiary/aromatic N) is 2. The first kappa shape index (κ1) is 12.7. The minimum atomic E-state index is -0.710. The van der Waals surface area contributed by atoms with Crippen LogP contribution >= 0.6 is 0 Å². The van der Waals surface area contributed by atoms with Gasteiger partial charge < -0.3 is 15.7 Å². The van der Waals surface area contributed by atoms with Crippen LogP contribution in [0.5, 0.6) is 0 Å². The number of hydrogen-bond acceptors (Lipinski definition) is 5. The summed E-state index contributed by atoms with van der Waals surface area (Å²) in [5.74, 6) is 2.20. The van der Waals surface area contributed by atoms with E-state index in [0.29, 0.717) is 18.8 Å². The van der Waals surface area contributed by atoms with Crippen molar-refractivity contribution in [3.63, 3.8) is 0 Å². The van der Waals surface area contributed by atoms with E-state index in [-0.39, 0.29) is 0 Å². The van der Waals surface area contributed by atoms with Crippen molar-refractivity contribution in [2.24, 2.45) is 0 Å². The molecule has 0 radical (unpaired) electrons. The van der Waals surface area contributed by atoms with Crippen molar-refractivity contribution < 1.29 is 5.11 Å². The molecule has 0 amide bonds. The predicted octanol–water partition coefficient (Wildman–Crippen LogP) is 1.40. The van der Waals surface area contributed by atoms with E-state index in [2.05, 4.69) is 20.6 Å². The summed E-state index contributed by atoms with van der Waals surface area (Å²) in [5, 5.41) is 15.9. The maximum Gasteiger partial charge on any atom is 0.131 e. The Morgan fingerprint density at radius 3 is 2.56 bits per heavy atom. The summed E-state index contributed by atoms with van der Waals surface area (Å²) < 4.78 is 0. The quantitative estimate of drug-likeness (QED) is 0.705. The largest absolute Gasteiger partial charge is 0.388 e. The molecule has 0 saturated heterocycles. The molecule has 16 heavy (non-hydrogen) atoms. The second-order valence-corrected chi connectivity index (χ2v) is 4.14. The van der Waals surface area contributed by atoms with Crippen LogP contribution in [0, 0.1) is 6.92 Å². The lowest BCUT2D eigenvalue weighted by atomic mass is 10.0. The van der Waals surface area contributed by atoms with Crippen molar-refractivity contribution in [2.75, 3.05) is 24.2 Å². The van der Waals surface area contributed by atoms with Crippen LogP contribution in [0.4, 0.5) is 11.6 Å². The van der Waals surface area contributed by atoms with Crippen LogP contribution in [0.25, 0.3) is 0 Å². The smallest absolute Gasteiger partial charge is 0.131 e. The SMILES string of the molecule is CCC(C)(O)CNc1cc(NC)nc(C)n1. The minimum Gasteiger partial charge on any atom is -0.388 e. The van der Waals surface area contributed by atoms with Gasteiger partial charge in [0.1, 0.15) is 17.5 Å². The molecule has 0 spiro atoms. The van der Waals surface area contributed by atoms with Crippen LogP contribution in [0.3, 0.4) is 0 Å². The average Bonchev–Trinajstić information content (AvgIpc) is 2.26. The summed E-state index contributed by atoms with van der Waals surface area (Å²) >= 11 is 0. The average molecular weight is 224 g/mol. The van der Waals surface area contributed by atoms with E-state index in [1.54, 1.807) is 6.92 Å². The molecule has 1 atom stereocenters. The topological polar surface area (TPSA) is 70.1 Å². The van der Waals surface area contributed by atoms with Crippen LogP contribution < -0.4 is 10.6 Å². The van der Waals surface area contributed by atoms with E-state index >= 15 is 0 Å². The van der Waals surface area contributed by atoms with Gasteiger partial charge in [0.05, 0.1) is 5.60 Å². The van der Waals surface area contributed by atoms with Crippen molar-refractivity contribution in [1.29, 1.82) is 0 Å².